The highest BCUT2D eigenvalue weighted by Crippen LogP contribution is 2.18. The lowest BCUT2D eigenvalue weighted by molar-refractivity contribution is -0.174. The molecule has 96 valence electrons. The van der Waals surface area contributed by atoms with Crippen LogP contribution in [0, 0.1) is 5.92 Å². The smallest absolute Gasteiger partial charge is 0.372 e. The number of halogens is 4. The van der Waals surface area contributed by atoms with E-state index >= 15 is 0 Å². The van der Waals surface area contributed by atoms with E-state index in [1.807, 2.05) is 0 Å². The molecule has 2 nitrogen and oxygen atoms in total. The number of alkyl halides is 4. The van der Waals surface area contributed by atoms with Crippen molar-refractivity contribution in [2.24, 2.45) is 5.92 Å². The molecular weight excluding hydrogens is 287 g/mol. The molecule has 1 fully saturated rings. The summed E-state index contributed by atoms with van der Waals surface area (Å²) in [4.78, 5) is 2.28. The van der Waals surface area contributed by atoms with Gasteiger partial charge < -0.3 is 9.64 Å². The molecule has 1 aliphatic heterocycles. The van der Waals surface area contributed by atoms with Gasteiger partial charge >= 0.3 is 6.18 Å². The van der Waals surface area contributed by atoms with E-state index in [4.69, 9.17) is 0 Å². The quantitative estimate of drug-likeness (QED) is 0.552. The van der Waals surface area contributed by atoms with E-state index in [9.17, 15) is 13.2 Å². The molecule has 0 aliphatic carbocycles. The molecule has 0 spiro atoms. The van der Waals surface area contributed by atoms with Crippen LogP contribution in [0.5, 0.6) is 0 Å². The van der Waals surface area contributed by atoms with Crippen molar-refractivity contribution in [3.05, 3.63) is 0 Å². The average molecular weight is 304 g/mol. The summed E-state index contributed by atoms with van der Waals surface area (Å²) < 4.78 is 39.8. The van der Waals surface area contributed by atoms with Gasteiger partial charge in [-0.15, -0.1) is 0 Å². The number of ether oxygens (including phenoxy) is 1. The Hall–Kier alpha value is 0.190. The van der Waals surface area contributed by atoms with Gasteiger partial charge in [-0.25, -0.2) is 0 Å². The van der Waals surface area contributed by atoms with Crippen LogP contribution < -0.4 is 0 Å². The molecule has 6 heteroatoms. The van der Waals surface area contributed by atoms with Crippen LogP contribution in [0.4, 0.5) is 13.2 Å². The molecule has 0 amide bonds. The monoisotopic (exact) mass is 303 g/mol. The molecule has 0 aromatic rings. The molecule has 1 rings (SSSR count). The van der Waals surface area contributed by atoms with Crippen LogP contribution >= 0.6 is 15.9 Å². The second-order valence-electron chi connectivity index (χ2n) is 4.13. The fourth-order valence-corrected chi connectivity index (χ4v) is 2.35. The topological polar surface area (TPSA) is 12.5 Å². The summed E-state index contributed by atoms with van der Waals surface area (Å²) >= 11 is 3.44. The van der Waals surface area contributed by atoms with Gasteiger partial charge in [0.2, 0.25) is 0 Å². The number of hydrogen-bond acceptors (Lipinski definition) is 2. The Balaban J connectivity index is 1.96. The van der Waals surface area contributed by atoms with Gasteiger partial charge in [0.15, 0.2) is 0 Å². The standard InChI is InChI=1S/C10H17BrF3NO/c11-6-9-2-4-15(7-9)3-1-5-16-8-10(12,13)14/h9H,1-8H2. The zero-order chi connectivity index (χ0) is 12.0. The lowest BCUT2D eigenvalue weighted by Crippen LogP contribution is -2.24. The molecule has 1 unspecified atom stereocenters. The number of likely N-dealkylation sites (tertiary alicyclic amines) is 1. The van der Waals surface area contributed by atoms with Crippen molar-refractivity contribution in [3.8, 4) is 0 Å². The van der Waals surface area contributed by atoms with Crippen molar-refractivity contribution in [2.75, 3.05) is 38.2 Å². The van der Waals surface area contributed by atoms with E-state index in [1.165, 1.54) is 6.42 Å². The van der Waals surface area contributed by atoms with Crippen LogP contribution in [-0.4, -0.2) is 49.3 Å². The molecule has 0 aromatic carbocycles. The molecule has 1 heterocycles. The predicted octanol–water partition coefficient (Wildman–Crippen LogP) is 2.67. The van der Waals surface area contributed by atoms with Crippen LogP contribution in [0.25, 0.3) is 0 Å². The lowest BCUT2D eigenvalue weighted by Gasteiger charge is -2.15. The van der Waals surface area contributed by atoms with E-state index in [2.05, 4.69) is 25.6 Å². The second kappa shape index (κ2) is 6.81. The van der Waals surface area contributed by atoms with Gasteiger partial charge in [0, 0.05) is 25.0 Å². The fourth-order valence-electron chi connectivity index (χ4n) is 1.82. The Morgan fingerprint density at radius 2 is 2.12 bits per heavy atom. The first-order valence-corrected chi connectivity index (χ1v) is 6.56. The predicted molar refractivity (Wildman–Crippen MR) is 59.8 cm³/mol. The third kappa shape index (κ3) is 6.06. The summed E-state index contributed by atoms with van der Waals surface area (Å²) in [6, 6.07) is 0. The maximum Gasteiger partial charge on any atom is 0.411 e. The van der Waals surface area contributed by atoms with Gasteiger partial charge in [0.1, 0.15) is 6.61 Å². The van der Waals surface area contributed by atoms with Crippen molar-refractivity contribution in [1.29, 1.82) is 0 Å². The van der Waals surface area contributed by atoms with Gasteiger partial charge in [-0.2, -0.15) is 13.2 Å². The molecule has 0 N–H and O–H groups in total. The van der Waals surface area contributed by atoms with E-state index in [0.717, 1.165) is 25.0 Å². The summed E-state index contributed by atoms with van der Waals surface area (Å²) in [6.45, 7) is 1.99. The van der Waals surface area contributed by atoms with E-state index in [-0.39, 0.29) is 6.61 Å². The summed E-state index contributed by atoms with van der Waals surface area (Å²) in [6.07, 6.45) is -2.35. The van der Waals surface area contributed by atoms with Crippen molar-refractivity contribution >= 4 is 15.9 Å². The summed E-state index contributed by atoms with van der Waals surface area (Å²) in [7, 11) is 0. The third-order valence-corrected chi connectivity index (χ3v) is 3.53. The van der Waals surface area contributed by atoms with Crippen molar-refractivity contribution in [2.45, 2.75) is 19.0 Å². The van der Waals surface area contributed by atoms with Crippen LogP contribution in [0.2, 0.25) is 0 Å². The molecule has 0 aromatic heterocycles. The molecule has 0 radical (unpaired) electrons. The highest BCUT2D eigenvalue weighted by molar-refractivity contribution is 9.09. The summed E-state index contributed by atoms with van der Waals surface area (Å²) in [5, 5.41) is 1.01. The zero-order valence-corrected chi connectivity index (χ0v) is 10.7. The summed E-state index contributed by atoms with van der Waals surface area (Å²) in [5.41, 5.74) is 0. The maximum atomic E-state index is 11.7. The first-order chi connectivity index (χ1) is 7.51. The van der Waals surface area contributed by atoms with Crippen LogP contribution in [0.1, 0.15) is 12.8 Å². The van der Waals surface area contributed by atoms with Crippen molar-refractivity contribution in [1.82, 2.24) is 4.90 Å². The Morgan fingerprint density at radius 1 is 1.38 bits per heavy atom. The first kappa shape index (κ1) is 14.3. The molecule has 1 saturated heterocycles. The van der Waals surface area contributed by atoms with Crippen molar-refractivity contribution < 1.29 is 17.9 Å². The number of nitrogens with zero attached hydrogens (tertiary/aromatic N) is 1. The average Bonchev–Trinajstić information content (AvgIpc) is 2.63. The first-order valence-electron chi connectivity index (χ1n) is 5.44. The van der Waals surface area contributed by atoms with Crippen LogP contribution in [0.15, 0.2) is 0 Å². The molecular formula is C10H17BrF3NO. The normalized spacial score (nSPS) is 22.9. The van der Waals surface area contributed by atoms with Crippen molar-refractivity contribution in [3.63, 3.8) is 0 Å². The van der Waals surface area contributed by atoms with Gasteiger partial charge in [0.05, 0.1) is 0 Å². The minimum atomic E-state index is -4.20. The summed E-state index contributed by atoms with van der Waals surface area (Å²) in [5.74, 6) is 0.691. The number of hydrogen-bond donors (Lipinski definition) is 0. The van der Waals surface area contributed by atoms with Crippen LogP contribution in [-0.2, 0) is 4.74 Å². The largest absolute Gasteiger partial charge is 0.411 e. The lowest BCUT2D eigenvalue weighted by atomic mass is 10.2. The molecule has 16 heavy (non-hydrogen) atoms. The molecule has 0 bridgehead atoms. The number of rotatable bonds is 6. The SMILES string of the molecule is FC(F)(F)COCCCN1CCC(CBr)C1. The van der Waals surface area contributed by atoms with E-state index < -0.39 is 12.8 Å². The van der Waals surface area contributed by atoms with Gasteiger partial charge in [0.25, 0.3) is 0 Å². The highest BCUT2D eigenvalue weighted by Gasteiger charge is 2.27. The van der Waals surface area contributed by atoms with E-state index in [0.29, 0.717) is 12.3 Å². The molecule has 1 atom stereocenters. The molecule has 0 saturated carbocycles. The van der Waals surface area contributed by atoms with Crippen LogP contribution in [0.3, 0.4) is 0 Å². The third-order valence-electron chi connectivity index (χ3n) is 2.62. The Morgan fingerprint density at radius 3 is 2.69 bits per heavy atom. The Labute approximate surface area is 102 Å². The Kier molecular flexibility index (Phi) is 6.07. The Bertz CT molecular complexity index is 201. The fraction of sp³-hybridized carbons (Fsp3) is 1.00. The highest BCUT2D eigenvalue weighted by atomic mass is 79.9. The van der Waals surface area contributed by atoms with E-state index in [1.54, 1.807) is 0 Å². The minimum Gasteiger partial charge on any atom is -0.372 e. The zero-order valence-electron chi connectivity index (χ0n) is 9.10. The van der Waals surface area contributed by atoms with Gasteiger partial charge in [-0.05, 0) is 25.3 Å². The minimum absolute atomic E-state index is 0.189. The van der Waals surface area contributed by atoms with Gasteiger partial charge in [-0.1, -0.05) is 15.9 Å². The van der Waals surface area contributed by atoms with Gasteiger partial charge in [-0.3, -0.25) is 0 Å². The molecule has 1 aliphatic rings. The maximum absolute atomic E-state index is 11.7. The second-order valence-corrected chi connectivity index (χ2v) is 4.78.